The molecule has 0 aliphatic heterocycles. The Morgan fingerprint density at radius 3 is 2.25 bits per heavy atom. The lowest BCUT2D eigenvalue weighted by Gasteiger charge is -2.17. The first-order chi connectivity index (χ1) is 9.16. The standard InChI is InChI=1S/C11H8ClF5O3/c12-7-3-1-2-4-8(7)19-5-6-20-9(18)10(13,14)11(15,16)17/h1-4H,5-6H2. The highest BCUT2D eigenvalue weighted by molar-refractivity contribution is 6.32. The summed E-state index contributed by atoms with van der Waals surface area (Å²) in [5.41, 5.74) is 0. The molecule has 20 heavy (non-hydrogen) atoms. The van der Waals surface area contributed by atoms with E-state index in [2.05, 4.69) is 4.74 Å². The van der Waals surface area contributed by atoms with E-state index in [1.54, 1.807) is 12.1 Å². The monoisotopic (exact) mass is 318 g/mol. The first-order valence-electron chi connectivity index (χ1n) is 5.15. The summed E-state index contributed by atoms with van der Waals surface area (Å²) in [4.78, 5) is 10.6. The molecule has 0 spiro atoms. The van der Waals surface area contributed by atoms with Gasteiger partial charge in [-0.2, -0.15) is 22.0 Å². The van der Waals surface area contributed by atoms with E-state index in [1.165, 1.54) is 12.1 Å². The summed E-state index contributed by atoms with van der Waals surface area (Å²) in [5, 5.41) is 0.222. The van der Waals surface area contributed by atoms with Crippen molar-refractivity contribution in [3.8, 4) is 5.75 Å². The number of ether oxygens (including phenoxy) is 2. The predicted molar refractivity (Wildman–Crippen MR) is 58.9 cm³/mol. The van der Waals surface area contributed by atoms with Crippen molar-refractivity contribution >= 4 is 17.6 Å². The zero-order chi connectivity index (χ0) is 15.4. The molecule has 0 radical (unpaired) electrons. The highest BCUT2D eigenvalue weighted by Gasteiger charge is 2.64. The van der Waals surface area contributed by atoms with E-state index >= 15 is 0 Å². The summed E-state index contributed by atoms with van der Waals surface area (Å²) in [6.45, 7) is -1.18. The van der Waals surface area contributed by atoms with Crippen LogP contribution in [0.4, 0.5) is 22.0 Å². The van der Waals surface area contributed by atoms with Crippen molar-refractivity contribution < 1.29 is 36.2 Å². The van der Waals surface area contributed by atoms with Gasteiger partial charge in [0.25, 0.3) is 0 Å². The Kier molecular flexibility index (Phi) is 5.15. The van der Waals surface area contributed by atoms with Gasteiger partial charge in [-0.1, -0.05) is 23.7 Å². The van der Waals surface area contributed by atoms with Crippen LogP contribution >= 0.6 is 11.6 Å². The first kappa shape index (κ1) is 16.5. The minimum Gasteiger partial charge on any atom is -0.488 e. The van der Waals surface area contributed by atoms with Gasteiger partial charge in [-0.25, -0.2) is 4.79 Å². The van der Waals surface area contributed by atoms with Crippen LogP contribution in [0.3, 0.4) is 0 Å². The predicted octanol–water partition coefficient (Wildman–Crippen LogP) is 3.46. The molecule has 0 heterocycles. The van der Waals surface area contributed by atoms with Gasteiger partial charge in [0.05, 0.1) is 5.02 Å². The smallest absolute Gasteiger partial charge is 0.465 e. The molecule has 112 valence electrons. The summed E-state index contributed by atoms with van der Waals surface area (Å²) in [7, 11) is 0. The Morgan fingerprint density at radius 2 is 1.70 bits per heavy atom. The van der Waals surface area contributed by atoms with E-state index < -0.39 is 31.3 Å². The molecular weight excluding hydrogens is 311 g/mol. The highest BCUT2D eigenvalue weighted by Crippen LogP contribution is 2.36. The van der Waals surface area contributed by atoms with Gasteiger partial charge >= 0.3 is 18.1 Å². The van der Waals surface area contributed by atoms with Crippen LogP contribution in [-0.2, 0) is 9.53 Å². The zero-order valence-corrected chi connectivity index (χ0v) is 10.5. The van der Waals surface area contributed by atoms with Gasteiger partial charge < -0.3 is 9.47 Å². The second-order valence-electron chi connectivity index (χ2n) is 3.49. The number of hydrogen-bond acceptors (Lipinski definition) is 3. The van der Waals surface area contributed by atoms with Gasteiger partial charge in [0.1, 0.15) is 19.0 Å². The van der Waals surface area contributed by atoms with Crippen LogP contribution in [0.1, 0.15) is 0 Å². The van der Waals surface area contributed by atoms with E-state index in [1.807, 2.05) is 0 Å². The maximum absolute atomic E-state index is 12.5. The largest absolute Gasteiger partial charge is 0.488 e. The second-order valence-corrected chi connectivity index (χ2v) is 3.89. The molecule has 9 heteroatoms. The van der Waals surface area contributed by atoms with E-state index in [-0.39, 0.29) is 10.8 Å². The third-order valence-electron chi connectivity index (χ3n) is 2.02. The molecule has 1 aromatic rings. The van der Waals surface area contributed by atoms with Crippen molar-refractivity contribution in [2.45, 2.75) is 12.1 Å². The lowest BCUT2D eigenvalue weighted by Crippen LogP contribution is -2.45. The summed E-state index contributed by atoms with van der Waals surface area (Å²) < 4.78 is 69.2. The number of halogens is 6. The van der Waals surface area contributed by atoms with Crippen molar-refractivity contribution in [3.05, 3.63) is 29.3 Å². The van der Waals surface area contributed by atoms with Crippen LogP contribution in [0, 0.1) is 0 Å². The molecule has 3 nitrogen and oxygen atoms in total. The maximum Gasteiger partial charge on any atom is 0.465 e. The second kappa shape index (κ2) is 6.25. The van der Waals surface area contributed by atoms with Crippen LogP contribution in [0.5, 0.6) is 5.75 Å². The molecule has 0 aliphatic rings. The molecule has 0 amide bonds. The molecule has 0 unspecified atom stereocenters. The van der Waals surface area contributed by atoms with Crippen molar-refractivity contribution in [3.63, 3.8) is 0 Å². The molecule has 1 rings (SSSR count). The Bertz CT molecular complexity index is 475. The minimum absolute atomic E-state index is 0.188. The lowest BCUT2D eigenvalue weighted by atomic mass is 10.3. The van der Waals surface area contributed by atoms with Crippen LogP contribution in [0.25, 0.3) is 0 Å². The summed E-state index contributed by atoms with van der Waals surface area (Å²) in [5.74, 6) is -8.03. The fourth-order valence-electron chi connectivity index (χ4n) is 1.05. The van der Waals surface area contributed by atoms with E-state index in [4.69, 9.17) is 16.3 Å². The van der Waals surface area contributed by atoms with Crippen LogP contribution < -0.4 is 4.74 Å². The van der Waals surface area contributed by atoms with Gasteiger partial charge in [-0.3, -0.25) is 0 Å². The Hall–Kier alpha value is -1.57. The molecule has 0 saturated heterocycles. The number of benzene rings is 1. The van der Waals surface area contributed by atoms with Gasteiger partial charge in [0.2, 0.25) is 0 Å². The number of carbonyl (C=O) groups is 1. The van der Waals surface area contributed by atoms with Crippen molar-refractivity contribution in [2.75, 3.05) is 13.2 Å². The average Bonchev–Trinajstić information content (AvgIpc) is 2.34. The first-order valence-corrected chi connectivity index (χ1v) is 5.53. The maximum atomic E-state index is 12.5. The number of hydrogen-bond donors (Lipinski definition) is 0. The number of para-hydroxylation sites is 1. The van der Waals surface area contributed by atoms with Crippen LogP contribution in [0.2, 0.25) is 5.02 Å². The Morgan fingerprint density at radius 1 is 1.10 bits per heavy atom. The Labute approximate surface area is 115 Å². The summed E-state index contributed by atoms with van der Waals surface area (Å²) in [6.07, 6.45) is -5.99. The summed E-state index contributed by atoms with van der Waals surface area (Å²) in [6, 6.07) is 6.12. The summed E-state index contributed by atoms with van der Waals surface area (Å²) >= 11 is 5.70. The van der Waals surface area contributed by atoms with Crippen molar-refractivity contribution in [1.29, 1.82) is 0 Å². The average molecular weight is 319 g/mol. The lowest BCUT2D eigenvalue weighted by molar-refractivity contribution is -0.280. The molecule has 0 N–H and O–H groups in total. The molecule has 0 saturated carbocycles. The number of rotatable bonds is 5. The molecular formula is C11H8ClF5O3. The topological polar surface area (TPSA) is 35.5 Å². The van der Waals surface area contributed by atoms with E-state index in [9.17, 15) is 26.7 Å². The van der Waals surface area contributed by atoms with Gasteiger partial charge in [0.15, 0.2) is 0 Å². The molecule has 0 fully saturated rings. The molecule has 1 aromatic carbocycles. The van der Waals surface area contributed by atoms with Crippen LogP contribution in [0.15, 0.2) is 24.3 Å². The third kappa shape index (κ3) is 3.96. The van der Waals surface area contributed by atoms with Crippen molar-refractivity contribution in [1.82, 2.24) is 0 Å². The fourth-order valence-corrected chi connectivity index (χ4v) is 1.24. The molecule has 0 aliphatic carbocycles. The zero-order valence-electron chi connectivity index (χ0n) is 9.72. The third-order valence-corrected chi connectivity index (χ3v) is 2.34. The van der Waals surface area contributed by atoms with E-state index in [0.717, 1.165) is 0 Å². The highest BCUT2D eigenvalue weighted by atomic mass is 35.5. The Balaban J connectivity index is 2.42. The van der Waals surface area contributed by atoms with Gasteiger partial charge in [-0.15, -0.1) is 0 Å². The van der Waals surface area contributed by atoms with Crippen molar-refractivity contribution in [2.24, 2.45) is 0 Å². The number of alkyl halides is 5. The molecule has 0 atom stereocenters. The number of carbonyl (C=O) groups excluding carboxylic acids is 1. The van der Waals surface area contributed by atoms with Gasteiger partial charge in [0, 0.05) is 0 Å². The van der Waals surface area contributed by atoms with E-state index in [0.29, 0.717) is 0 Å². The molecule has 0 aromatic heterocycles. The molecule has 0 bridgehead atoms. The SMILES string of the molecule is O=C(OCCOc1ccccc1Cl)C(F)(F)C(F)(F)F. The van der Waals surface area contributed by atoms with Crippen LogP contribution in [-0.4, -0.2) is 31.3 Å². The quantitative estimate of drug-likeness (QED) is 0.474. The number of esters is 1. The van der Waals surface area contributed by atoms with Gasteiger partial charge in [-0.05, 0) is 12.1 Å². The minimum atomic E-state index is -5.99. The normalized spacial score (nSPS) is 12.1. The fraction of sp³-hybridized carbons (Fsp3) is 0.364.